The van der Waals surface area contributed by atoms with Crippen LogP contribution in [0.15, 0.2) is 121 Å². The highest BCUT2D eigenvalue weighted by Crippen LogP contribution is 2.18. The van der Waals surface area contributed by atoms with E-state index in [9.17, 15) is 29.4 Å². The largest absolute Gasteiger partial charge is 0.445 e. The van der Waals surface area contributed by atoms with E-state index < -0.39 is 60.4 Å². The van der Waals surface area contributed by atoms with Crippen molar-refractivity contribution in [2.45, 2.75) is 90.1 Å². The maximum Gasteiger partial charge on any atom is 0.408 e. The molecule has 6 N–H and O–H groups in total. The molecule has 0 aromatic heterocycles. The number of hydrogen-bond acceptors (Lipinski definition) is 8. The molecule has 0 spiro atoms. The third kappa shape index (κ3) is 13.8. The minimum atomic E-state index is -1.55. The molecular formula is C44H54N4O8. The topological polar surface area (TPSA) is 175 Å². The average Bonchev–Trinajstić information content (AvgIpc) is 3.20. The molecular weight excluding hydrogens is 713 g/mol. The number of alkyl carbamates (subject to hydrolysis) is 2. The minimum Gasteiger partial charge on any atom is -0.445 e. The van der Waals surface area contributed by atoms with E-state index in [0.29, 0.717) is 0 Å². The second kappa shape index (κ2) is 22.0. The van der Waals surface area contributed by atoms with E-state index in [0.717, 1.165) is 22.3 Å². The maximum atomic E-state index is 13.9. The Morgan fingerprint density at radius 1 is 0.464 bits per heavy atom. The van der Waals surface area contributed by atoms with Crippen molar-refractivity contribution in [3.63, 3.8) is 0 Å². The number of amides is 4. The fraction of sp³-hybridized carbons (Fsp3) is 0.364. The molecule has 4 rings (SSSR count). The van der Waals surface area contributed by atoms with Gasteiger partial charge < -0.3 is 41.0 Å². The summed E-state index contributed by atoms with van der Waals surface area (Å²) in [4.78, 5) is 53.6. The Kier molecular flexibility index (Phi) is 16.9. The summed E-state index contributed by atoms with van der Waals surface area (Å²) in [5.74, 6) is -1.97. The normalized spacial score (nSPS) is 14.4. The van der Waals surface area contributed by atoms with Gasteiger partial charge >= 0.3 is 12.2 Å². The first-order valence-corrected chi connectivity index (χ1v) is 18.9. The number of carbonyl (C=O) groups is 4. The lowest BCUT2D eigenvalue weighted by molar-refractivity contribution is -0.129. The van der Waals surface area contributed by atoms with Crippen LogP contribution in [0.1, 0.15) is 49.9 Å². The quantitative estimate of drug-likeness (QED) is 0.0768. The van der Waals surface area contributed by atoms with Gasteiger partial charge in [0.15, 0.2) is 0 Å². The predicted octanol–water partition coefficient (Wildman–Crippen LogP) is 5.07. The molecule has 56 heavy (non-hydrogen) atoms. The van der Waals surface area contributed by atoms with Crippen LogP contribution in [0, 0.1) is 11.8 Å². The summed E-state index contributed by atoms with van der Waals surface area (Å²) < 4.78 is 10.8. The molecule has 0 aliphatic heterocycles. The van der Waals surface area contributed by atoms with Gasteiger partial charge in [0.1, 0.15) is 37.5 Å². The number of aliphatic hydroxyl groups is 2. The number of carbonyl (C=O) groups excluding carboxylic acids is 4. The average molecular weight is 767 g/mol. The van der Waals surface area contributed by atoms with Crippen molar-refractivity contribution in [2.24, 2.45) is 11.8 Å². The van der Waals surface area contributed by atoms with Crippen molar-refractivity contribution < 1.29 is 38.9 Å². The standard InChI is InChI=1S/C44H54N4O8/c1-29(2)37(47-41(51)35(25-31-17-9-5-10-18-31)45-43(53)55-27-33-21-13-7-14-22-33)39(49)40(50)38(30(3)4)48-42(52)36(26-32-19-11-6-12-20-32)46-44(54)56-28-34-23-15-8-16-24-34/h5-24,29-30,35-40,49-50H,25-28H2,1-4H3,(H,45,53)(H,46,54)(H,47,51)(H,48,52)/t35-,36-,37?,38?,39+,40+/m0/s1. The van der Waals surface area contributed by atoms with Gasteiger partial charge in [-0.2, -0.15) is 0 Å². The summed E-state index contributed by atoms with van der Waals surface area (Å²) in [5, 5.41) is 34.4. The lowest BCUT2D eigenvalue weighted by Gasteiger charge is -2.37. The van der Waals surface area contributed by atoms with Crippen molar-refractivity contribution in [3.05, 3.63) is 144 Å². The van der Waals surface area contributed by atoms with Gasteiger partial charge in [-0.1, -0.05) is 149 Å². The number of aliphatic hydroxyl groups excluding tert-OH is 2. The van der Waals surface area contributed by atoms with Gasteiger partial charge in [0.25, 0.3) is 0 Å². The molecule has 12 heteroatoms. The molecule has 4 aromatic rings. The molecule has 0 saturated carbocycles. The SMILES string of the molecule is CC(C)C(NC(=O)[C@H](Cc1ccccc1)NC(=O)OCc1ccccc1)[C@@H](O)[C@H](O)C(NC(=O)[C@H](Cc1ccccc1)NC(=O)OCc1ccccc1)C(C)C. The van der Waals surface area contributed by atoms with Crippen LogP contribution in [0.4, 0.5) is 9.59 Å². The molecule has 12 nitrogen and oxygen atoms in total. The second-order valence-electron chi connectivity index (χ2n) is 14.4. The third-order valence-electron chi connectivity index (χ3n) is 9.35. The van der Waals surface area contributed by atoms with Gasteiger partial charge in [-0.25, -0.2) is 9.59 Å². The van der Waals surface area contributed by atoms with E-state index in [-0.39, 0.29) is 37.9 Å². The summed E-state index contributed by atoms with van der Waals surface area (Å²) in [6, 6.07) is 32.4. The van der Waals surface area contributed by atoms with Crippen LogP contribution in [-0.2, 0) is 45.1 Å². The molecule has 0 radical (unpaired) electrons. The van der Waals surface area contributed by atoms with Crippen LogP contribution in [-0.4, -0.2) is 70.6 Å². The lowest BCUT2D eigenvalue weighted by Crippen LogP contribution is -2.62. The summed E-state index contributed by atoms with van der Waals surface area (Å²) in [6.07, 6.45) is -4.43. The van der Waals surface area contributed by atoms with E-state index in [2.05, 4.69) is 21.3 Å². The van der Waals surface area contributed by atoms with E-state index in [1.54, 1.807) is 27.7 Å². The lowest BCUT2D eigenvalue weighted by atomic mass is 9.87. The zero-order valence-electron chi connectivity index (χ0n) is 32.3. The number of nitrogens with one attached hydrogen (secondary N) is 4. The van der Waals surface area contributed by atoms with Crippen molar-refractivity contribution >= 4 is 24.0 Å². The Morgan fingerprint density at radius 3 is 1.04 bits per heavy atom. The zero-order valence-corrected chi connectivity index (χ0v) is 32.3. The Bertz CT molecular complexity index is 1660. The van der Waals surface area contributed by atoms with E-state index >= 15 is 0 Å². The summed E-state index contributed by atoms with van der Waals surface area (Å²) in [6.45, 7) is 7.11. The van der Waals surface area contributed by atoms with Gasteiger partial charge in [0, 0.05) is 12.8 Å². The zero-order chi connectivity index (χ0) is 40.5. The monoisotopic (exact) mass is 766 g/mol. The highest BCUT2D eigenvalue weighted by atomic mass is 16.6. The number of ether oxygens (including phenoxy) is 2. The van der Waals surface area contributed by atoms with Gasteiger partial charge in [-0.3, -0.25) is 9.59 Å². The highest BCUT2D eigenvalue weighted by molar-refractivity contribution is 5.87. The third-order valence-corrected chi connectivity index (χ3v) is 9.35. The smallest absolute Gasteiger partial charge is 0.408 e. The van der Waals surface area contributed by atoms with Gasteiger partial charge in [0.05, 0.1) is 12.1 Å². The van der Waals surface area contributed by atoms with Crippen LogP contribution >= 0.6 is 0 Å². The first-order valence-electron chi connectivity index (χ1n) is 18.9. The van der Waals surface area contributed by atoms with Gasteiger partial charge in [-0.15, -0.1) is 0 Å². The minimum absolute atomic E-state index is 0.00475. The number of hydrogen-bond donors (Lipinski definition) is 6. The van der Waals surface area contributed by atoms with Crippen molar-refractivity contribution in [3.8, 4) is 0 Å². The van der Waals surface area contributed by atoms with Crippen molar-refractivity contribution in [1.29, 1.82) is 0 Å². The van der Waals surface area contributed by atoms with Crippen molar-refractivity contribution in [1.82, 2.24) is 21.3 Å². The van der Waals surface area contributed by atoms with Crippen LogP contribution in [0.25, 0.3) is 0 Å². The summed E-state index contributed by atoms with van der Waals surface area (Å²) >= 11 is 0. The molecule has 0 heterocycles. The van der Waals surface area contributed by atoms with Gasteiger partial charge in [0.2, 0.25) is 11.8 Å². The van der Waals surface area contributed by atoms with Crippen LogP contribution in [0.3, 0.4) is 0 Å². The first-order chi connectivity index (χ1) is 26.9. The molecule has 0 fully saturated rings. The Labute approximate surface area is 329 Å². The second-order valence-corrected chi connectivity index (χ2v) is 14.4. The Balaban J connectivity index is 1.47. The van der Waals surface area contributed by atoms with E-state index in [1.807, 2.05) is 121 Å². The Morgan fingerprint density at radius 2 is 0.750 bits per heavy atom. The Hall–Kier alpha value is -5.72. The molecule has 0 aliphatic rings. The molecule has 0 saturated heterocycles. The molecule has 6 atom stereocenters. The maximum absolute atomic E-state index is 13.9. The van der Waals surface area contributed by atoms with Crippen LogP contribution in [0.5, 0.6) is 0 Å². The summed E-state index contributed by atoms with van der Waals surface area (Å²) in [5.41, 5.74) is 3.12. The predicted molar refractivity (Wildman–Crippen MR) is 213 cm³/mol. The molecule has 0 bridgehead atoms. The fourth-order valence-electron chi connectivity index (χ4n) is 6.18. The molecule has 4 amide bonds. The van der Waals surface area contributed by atoms with Gasteiger partial charge in [-0.05, 0) is 34.1 Å². The fourth-order valence-corrected chi connectivity index (χ4v) is 6.18. The van der Waals surface area contributed by atoms with Crippen LogP contribution < -0.4 is 21.3 Å². The molecule has 298 valence electrons. The number of benzene rings is 4. The highest BCUT2D eigenvalue weighted by Gasteiger charge is 2.39. The number of rotatable bonds is 19. The van der Waals surface area contributed by atoms with E-state index in [1.165, 1.54) is 0 Å². The van der Waals surface area contributed by atoms with Crippen molar-refractivity contribution in [2.75, 3.05) is 0 Å². The molecule has 2 unspecified atom stereocenters. The molecule has 4 aromatic carbocycles. The molecule has 0 aliphatic carbocycles. The summed E-state index contributed by atoms with van der Waals surface area (Å²) in [7, 11) is 0. The van der Waals surface area contributed by atoms with E-state index in [4.69, 9.17) is 9.47 Å². The van der Waals surface area contributed by atoms with Crippen LogP contribution in [0.2, 0.25) is 0 Å². The first kappa shape index (κ1) is 43.0.